The third-order valence-electron chi connectivity index (χ3n) is 4.22. The fraction of sp³-hybridized carbons (Fsp3) is 0.562. The van der Waals surface area contributed by atoms with Crippen LogP contribution in [0.5, 0.6) is 0 Å². The van der Waals surface area contributed by atoms with Crippen LogP contribution in [0.3, 0.4) is 0 Å². The normalized spacial score (nSPS) is 23.9. The molecule has 0 heterocycles. The van der Waals surface area contributed by atoms with E-state index < -0.39 is 0 Å². The van der Waals surface area contributed by atoms with Crippen LogP contribution >= 0.6 is 0 Å². The predicted molar refractivity (Wildman–Crippen MR) is 71.2 cm³/mol. The van der Waals surface area contributed by atoms with Crippen LogP contribution in [0.2, 0.25) is 0 Å². The van der Waals surface area contributed by atoms with Gasteiger partial charge in [0.2, 0.25) is 0 Å². The van der Waals surface area contributed by atoms with E-state index in [0.717, 1.165) is 31.2 Å². The molecule has 1 aliphatic rings. The number of aryl methyl sites for hydroxylation is 1. The Morgan fingerprint density at radius 2 is 2.06 bits per heavy atom. The fourth-order valence-corrected chi connectivity index (χ4v) is 3.14. The van der Waals surface area contributed by atoms with E-state index in [9.17, 15) is 9.18 Å². The highest BCUT2D eigenvalue weighted by Crippen LogP contribution is 2.35. The van der Waals surface area contributed by atoms with Gasteiger partial charge in [0.1, 0.15) is 5.82 Å². The zero-order chi connectivity index (χ0) is 13.1. The molecule has 18 heavy (non-hydrogen) atoms. The van der Waals surface area contributed by atoms with E-state index >= 15 is 0 Å². The molecule has 0 N–H and O–H groups in total. The Balaban J connectivity index is 2.24. The highest BCUT2D eigenvalue weighted by atomic mass is 19.1. The third kappa shape index (κ3) is 2.63. The largest absolute Gasteiger partial charge is 0.294 e. The molecule has 2 atom stereocenters. The Bertz CT molecular complexity index is 439. The van der Waals surface area contributed by atoms with E-state index in [0.29, 0.717) is 11.5 Å². The predicted octanol–water partition coefficient (Wildman–Crippen LogP) is 4.53. The first-order chi connectivity index (χ1) is 8.63. The molecule has 1 aliphatic carbocycles. The van der Waals surface area contributed by atoms with E-state index in [1.54, 1.807) is 6.07 Å². The maximum Gasteiger partial charge on any atom is 0.166 e. The van der Waals surface area contributed by atoms with Crippen LogP contribution < -0.4 is 0 Å². The van der Waals surface area contributed by atoms with Gasteiger partial charge in [-0.05, 0) is 49.4 Å². The first-order valence-corrected chi connectivity index (χ1v) is 6.94. The van der Waals surface area contributed by atoms with Gasteiger partial charge < -0.3 is 0 Å². The fourth-order valence-electron chi connectivity index (χ4n) is 3.14. The van der Waals surface area contributed by atoms with Crippen molar-refractivity contribution in [2.75, 3.05) is 0 Å². The minimum absolute atomic E-state index is 0.146. The highest BCUT2D eigenvalue weighted by Gasteiger charge is 2.30. The van der Waals surface area contributed by atoms with Gasteiger partial charge in [0.25, 0.3) is 0 Å². The van der Waals surface area contributed by atoms with Gasteiger partial charge in [0.05, 0.1) is 0 Å². The molecule has 2 rings (SSSR count). The van der Waals surface area contributed by atoms with Crippen molar-refractivity contribution in [3.63, 3.8) is 0 Å². The molecule has 1 aromatic rings. The van der Waals surface area contributed by atoms with Crippen molar-refractivity contribution in [1.82, 2.24) is 0 Å². The van der Waals surface area contributed by atoms with Crippen molar-refractivity contribution in [2.45, 2.75) is 46.0 Å². The lowest BCUT2D eigenvalue weighted by atomic mass is 9.74. The number of carbonyl (C=O) groups excluding carboxylic acids is 1. The van der Waals surface area contributed by atoms with Gasteiger partial charge in [0, 0.05) is 11.5 Å². The number of rotatable bonds is 3. The molecule has 2 unspecified atom stereocenters. The van der Waals surface area contributed by atoms with Crippen molar-refractivity contribution in [2.24, 2.45) is 11.8 Å². The van der Waals surface area contributed by atoms with Gasteiger partial charge >= 0.3 is 0 Å². The van der Waals surface area contributed by atoms with Crippen LogP contribution in [0.4, 0.5) is 4.39 Å². The second-order valence-electron chi connectivity index (χ2n) is 5.38. The van der Waals surface area contributed by atoms with Crippen LogP contribution in [0.15, 0.2) is 18.2 Å². The lowest BCUT2D eigenvalue weighted by Crippen LogP contribution is -2.27. The van der Waals surface area contributed by atoms with Gasteiger partial charge in [-0.2, -0.15) is 0 Å². The summed E-state index contributed by atoms with van der Waals surface area (Å²) in [5.74, 6) is 0.613. The Morgan fingerprint density at radius 3 is 2.72 bits per heavy atom. The third-order valence-corrected chi connectivity index (χ3v) is 4.22. The highest BCUT2D eigenvalue weighted by molar-refractivity contribution is 5.99. The Labute approximate surface area is 108 Å². The number of Topliss-reactive ketones (excluding diaryl/α,β-unsaturated/α-hetero) is 1. The molecule has 98 valence electrons. The van der Waals surface area contributed by atoms with Crippen LogP contribution in [0, 0.1) is 24.6 Å². The Hall–Kier alpha value is -1.18. The summed E-state index contributed by atoms with van der Waals surface area (Å²) < 4.78 is 13.1. The summed E-state index contributed by atoms with van der Waals surface area (Å²) in [4.78, 5) is 12.6. The van der Waals surface area contributed by atoms with Crippen LogP contribution in [0.1, 0.15) is 54.9 Å². The number of hydrogen-bond donors (Lipinski definition) is 0. The van der Waals surface area contributed by atoms with Crippen molar-refractivity contribution in [3.05, 3.63) is 35.1 Å². The molecule has 1 nitrogen and oxygen atoms in total. The molecule has 0 spiro atoms. The molecule has 0 saturated heterocycles. The molecule has 0 amide bonds. The lowest BCUT2D eigenvalue weighted by molar-refractivity contribution is 0.0819. The van der Waals surface area contributed by atoms with E-state index in [2.05, 4.69) is 6.92 Å². The summed E-state index contributed by atoms with van der Waals surface area (Å²) in [5.41, 5.74) is 1.47. The lowest BCUT2D eigenvalue weighted by Gasteiger charge is -2.30. The van der Waals surface area contributed by atoms with Crippen LogP contribution in [-0.4, -0.2) is 5.78 Å². The van der Waals surface area contributed by atoms with E-state index in [-0.39, 0.29) is 17.5 Å². The molecule has 0 aromatic heterocycles. The topological polar surface area (TPSA) is 17.1 Å². The molecule has 1 aromatic carbocycles. The van der Waals surface area contributed by atoms with Crippen molar-refractivity contribution < 1.29 is 9.18 Å². The summed E-state index contributed by atoms with van der Waals surface area (Å²) in [6.07, 6.45) is 5.61. The van der Waals surface area contributed by atoms with Gasteiger partial charge in [-0.15, -0.1) is 0 Å². The quantitative estimate of drug-likeness (QED) is 0.718. The zero-order valence-corrected chi connectivity index (χ0v) is 11.2. The monoisotopic (exact) mass is 248 g/mol. The van der Waals surface area contributed by atoms with Gasteiger partial charge in [-0.1, -0.05) is 26.2 Å². The number of hydrogen-bond acceptors (Lipinski definition) is 1. The van der Waals surface area contributed by atoms with Gasteiger partial charge in [0.15, 0.2) is 5.78 Å². The first kappa shape index (κ1) is 13.3. The average Bonchev–Trinajstić information content (AvgIpc) is 2.38. The summed E-state index contributed by atoms with van der Waals surface area (Å²) in [6.45, 7) is 3.98. The molecular formula is C16H21FO. The first-order valence-electron chi connectivity index (χ1n) is 6.94. The molecule has 2 heteroatoms. The molecule has 0 bridgehead atoms. The molecule has 0 radical (unpaired) electrons. The molecule has 1 saturated carbocycles. The molecular weight excluding hydrogens is 227 g/mol. The minimum atomic E-state index is -0.264. The number of halogens is 1. The van der Waals surface area contributed by atoms with Crippen molar-refractivity contribution in [3.8, 4) is 0 Å². The SMILES string of the molecule is CCC1CCCCC1C(=O)c1ccc(F)cc1C. The second-order valence-corrected chi connectivity index (χ2v) is 5.38. The Morgan fingerprint density at radius 1 is 1.33 bits per heavy atom. The molecule has 0 aliphatic heterocycles. The van der Waals surface area contributed by atoms with E-state index in [4.69, 9.17) is 0 Å². The molecule has 1 fully saturated rings. The van der Waals surface area contributed by atoms with Crippen LogP contribution in [-0.2, 0) is 0 Å². The number of ketones is 1. The van der Waals surface area contributed by atoms with E-state index in [1.165, 1.54) is 18.6 Å². The summed E-state index contributed by atoms with van der Waals surface area (Å²) >= 11 is 0. The van der Waals surface area contributed by atoms with Crippen molar-refractivity contribution in [1.29, 1.82) is 0 Å². The van der Waals surface area contributed by atoms with Crippen molar-refractivity contribution >= 4 is 5.78 Å². The maximum atomic E-state index is 13.1. The van der Waals surface area contributed by atoms with Gasteiger partial charge in [-0.3, -0.25) is 4.79 Å². The summed E-state index contributed by atoms with van der Waals surface area (Å²) in [5, 5.41) is 0. The van der Waals surface area contributed by atoms with E-state index in [1.807, 2.05) is 6.92 Å². The van der Waals surface area contributed by atoms with Gasteiger partial charge in [-0.25, -0.2) is 4.39 Å². The summed E-state index contributed by atoms with van der Waals surface area (Å²) in [6, 6.07) is 4.50. The second kappa shape index (κ2) is 5.64. The number of carbonyl (C=O) groups is 1. The average molecular weight is 248 g/mol. The smallest absolute Gasteiger partial charge is 0.166 e. The Kier molecular flexibility index (Phi) is 4.15. The standard InChI is InChI=1S/C16H21FO/c1-3-12-6-4-5-7-15(12)16(18)14-9-8-13(17)10-11(14)2/h8-10,12,15H,3-7H2,1-2H3. The van der Waals surface area contributed by atoms with Crippen LogP contribution in [0.25, 0.3) is 0 Å². The minimum Gasteiger partial charge on any atom is -0.294 e. The zero-order valence-electron chi connectivity index (χ0n) is 11.2. The number of benzene rings is 1. The summed E-state index contributed by atoms with van der Waals surface area (Å²) in [7, 11) is 0. The maximum absolute atomic E-state index is 13.1.